The Morgan fingerprint density at radius 3 is 2.64 bits per heavy atom. The zero-order chi connectivity index (χ0) is 9.97. The first kappa shape index (κ1) is 9.88. The van der Waals surface area contributed by atoms with Crippen LogP contribution in [0.3, 0.4) is 0 Å². The molecule has 0 aromatic heterocycles. The van der Waals surface area contributed by atoms with Crippen molar-refractivity contribution in [1.82, 2.24) is 0 Å². The van der Waals surface area contributed by atoms with Crippen LogP contribution in [0.15, 0.2) is 30.0 Å². The zero-order valence-electron chi connectivity index (χ0n) is 7.59. The largest absolute Gasteiger partial charge is 0.462 e. The number of benzene rings is 1. The molecular formula is C11H10Cl2O. The van der Waals surface area contributed by atoms with E-state index in [0.29, 0.717) is 10.0 Å². The summed E-state index contributed by atoms with van der Waals surface area (Å²) in [5, 5.41) is 1.09. The fraction of sp³-hybridized carbons (Fsp3) is 0.273. The van der Waals surface area contributed by atoms with E-state index in [4.69, 9.17) is 27.9 Å². The van der Waals surface area contributed by atoms with Gasteiger partial charge in [-0.1, -0.05) is 23.2 Å². The average Bonchev–Trinajstić information content (AvgIpc) is 2.64. The molecule has 0 heterocycles. The molecule has 0 N–H and O–H groups in total. The van der Waals surface area contributed by atoms with Crippen molar-refractivity contribution in [3.8, 4) is 5.75 Å². The Balaban J connectivity index is 2.13. The zero-order valence-corrected chi connectivity index (χ0v) is 9.11. The first-order valence-electron chi connectivity index (χ1n) is 4.57. The number of allylic oxidation sites excluding steroid dienone is 2. The molecule has 0 spiro atoms. The van der Waals surface area contributed by atoms with Crippen LogP contribution in [0.25, 0.3) is 0 Å². The fourth-order valence-corrected chi connectivity index (χ4v) is 1.71. The van der Waals surface area contributed by atoms with Gasteiger partial charge in [0, 0.05) is 12.5 Å². The van der Waals surface area contributed by atoms with Gasteiger partial charge in [0.2, 0.25) is 0 Å². The number of hydrogen-bond donors (Lipinski definition) is 0. The van der Waals surface area contributed by atoms with Gasteiger partial charge in [-0.15, -0.1) is 0 Å². The molecule has 3 heteroatoms. The van der Waals surface area contributed by atoms with Crippen LogP contribution in [0.5, 0.6) is 5.75 Å². The first-order chi connectivity index (χ1) is 6.75. The molecule has 0 unspecified atom stereocenters. The third kappa shape index (κ3) is 2.23. The summed E-state index contributed by atoms with van der Waals surface area (Å²) < 4.78 is 5.63. The number of hydrogen-bond acceptors (Lipinski definition) is 1. The van der Waals surface area contributed by atoms with Gasteiger partial charge in [0.15, 0.2) is 0 Å². The van der Waals surface area contributed by atoms with Crippen LogP contribution in [0, 0.1) is 0 Å². The highest BCUT2D eigenvalue weighted by Crippen LogP contribution is 2.29. The molecular weight excluding hydrogens is 219 g/mol. The smallest absolute Gasteiger partial charge is 0.128 e. The molecule has 0 saturated carbocycles. The maximum atomic E-state index is 5.87. The van der Waals surface area contributed by atoms with E-state index in [9.17, 15) is 0 Å². The Kier molecular flexibility index (Phi) is 2.99. The summed E-state index contributed by atoms with van der Waals surface area (Å²) in [5.74, 6) is 1.79. The van der Waals surface area contributed by atoms with Gasteiger partial charge >= 0.3 is 0 Å². The molecule has 0 fully saturated rings. The van der Waals surface area contributed by atoms with Gasteiger partial charge in [-0.25, -0.2) is 0 Å². The molecule has 74 valence electrons. The van der Waals surface area contributed by atoms with Gasteiger partial charge in [0.05, 0.1) is 10.0 Å². The second-order valence-electron chi connectivity index (χ2n) is 3.24. The standard InChI is InChI=1S/C11H10Cl2O/c12-10-6-5-9(7-11(10)13)14-8-3-1-2-4-8/h3,5-7H,1-2,4H2. The van der Waals surface area contributed by atoms with Crippen LogP contribution >= 0.6 is 23.2 Å². The van der Waals surface area contributed by atoms with Gasteiger partial charge in [0.25, 0.3) is 0 Å². The molecule has 0 bridgehead atoms. The van der Waals surface area contributed by atoms with Crippen molar-refractivity contribution in [2.45, 2.75) is 19.3 Å². The summed E-state index contributed by atoms with van der Waals surface area (Å²) in [6.45, 7) is 0. The predicted octanol–water partition coefficient (Wildman–Crippen LogP) is 4.44. The average molecular weight is 229 g/mol. The first-order valence-corrected chi connectivity index (χ1v) is 5.33. The molecule has 14 heavy (non-hydrogen) atoms. The van der Waals surface area contributed by atoms with Gasteiger partial charge in [-0.2, -0.15) is 0 Å². The minimum Gasteiger partial charge on any atom is -0.462 e. The minimum atomic E-state index is 0.530. The van der Waals surface area contributed by atoms with Crippen molar-refractivity contribution < 1.29 is 4.74 Å². The van der Waals surface area contributed by atoms with Crippen LogP contribution in [-0.4, -0.2) is 0 Å². The Morgan fingerprint density at radius 2 is 2.00 bits per heavy atom. The Bertz CT molecular complexity index is 372. The van der Waals surface area contributed by atoms with Crippen LogP contribution in [0.4, 0.5) is 0 Å². The van der Waals surface area contributed by atoms with E-state index in [1.54, 1.807) is 12.1 Å². The number of rotatable bonds is 2. The molecule has 0 amide bonds. The molecule has 1 nitrogen and oxygen atoms in total. The third-order valence-corrected chi connectivity index (χ3v) is 2.88. The van der Waals surface area contributed by atoms with Crippen LogP contribution in [0.1, 0.15) is 19.3 Å². The third-order valence-electron chi connectivity index (χ3n) is 2.14. The monoisotopic (exact) mass is 228 g/mol. The maximum absolute atomic E-state index is 5.87. The Labute approximate surface area is 93.3 Å². The van der Waals surface area contributed by atoms with Crippen molar-refractivity contribution in [2.24, 2.45) is 0 Å². The molecule has 0 saturated heterocycles. The normalized spacial score (nSPS) is 15.4. The highest BCUT2D eigenvalue weighted by atomic mass is 35.5. The van der Waals surface area contributed by atoms with Gasteiger partial charge < -0.3 is 4.74 Å². The van der Waals surface area contributed by atoms with Crippen molar-refractivity contribution >= 4 is 23.2 Å². The fourth-order valence-electron chi connectivity index (χ4n) is 1.43. The lowest BCUT2D eigenvalue weighted by Gasteiger charge is -2.06. The SMILES string of the molecule is Clc1ccc(OC2=CCCC2)cc1Cl. The lowest BCUT2D eigenvalue weighted by Crippen LogP contribution is -1.91. The quantitative estimate of drug-likeness (QED) is 0.728. The summed E-state index contributed by atoms with van der Waals surface area (Å²) >= 11 is 11.7. The molecule has 1 aromatic rings. The van der Waals surface area contributed by atoms with Crippen LogP contribution in [0.2, 0.25) is 10.0 Å². The van der Waals surface area contributed by atoms with E-state index in [2.05, 4.69) is 6.08 Å². The van der Waals surface area contributed by atoms with Crippen molar-refractivity contribution in [3.05, 3.63) is 40.1 Å². The molecule has 1 aromatic carbocycles. The van der Waals surface area contributed by atoms with Crippen LogP contribution in [-0.2, 0) is 0 Å². The summed E-state index contributed by atoms with van der Waals surface area (Å²) in [6.07, 6.45) is 5.41. The summed E-state index contributed by atoms with van der Waals surface area (Å²) in [6, 6.07) is 5.31. The second kappa shape index (κ2) is 4.24. The van der Waals surface area contributed by atoms with E-state index in [1.807, 2.05) is 6.07 Å². The number of halogens is 2. The summed E-state index contributed by atoms with van der Waals surface area (Å²) in [7, 11) is 0. The summed E-state index contributed by atoms with van der Waals surface area (Å²) in [4.78, 5) is 0. The molecule has 0 radical (unpaired) electrons. The van der Waals surface area contributed by atoms with Crippen molar-refractivity contribution in [3.63, 3.8) is 0 Å². The van der Waals surface area contributed by atoms with Crippen molar-refractivity contribution in [1.29, 1.82) is 0 Å². The lowest BCUT2D eigenvalue weighted by atomic mass is 10.3. The highest BCUT2D eigenvalue weighted by Gasteiger charge is 2.07. The van der Waals surface area contributed by atoms with Gasteiger partial charge in [0.1, 0.15) is 11.5 Å². The molecule has 2 rings (SSSR count). The van der Waals surface area contributed by atoms with Crippen molar-refractivity contribution in [2.75, 3.05) is 0 Å². The molecule has 1 aliphatic rings. The van der Waals surface area contributed by atoms with Gasteiger partial charge in [-0.05, 0) is 31.1 Å². The van der Waals surface area contributed by atoms with E-state index in [-0.39, 0.29) is 0 Å². The minimum absolute atomic E-state index is 0.530. The molecule has 0 atom stereocenters. The molecule has 0 aliphatic heterocycles. The predicted molar refractivity (Wildman–Crippen MR) is 59.0 cm³/mol. The second-order valence-corrected chi connectivity index (χ2v) is 4.06. The molecule has 1 aliphatic carbocycles. The maximum Gasteiger partial charge on any atom is 0.128 e. The Morgan fingerprint density at radius 1 is 1.14 bits per heavy atom. The Hall–Kier alpha value is -0.660. The van der Waals surface area contributed by atoms with E-state index in [1.165, 1.54) is 6.42 Å². The lowest BCUT2D eigenvalue weighted by molar-refractivity contribution is 0.412. The van der Waals surface area contributed by atoms with Crippen LogP contribution < -0.4 is 4.74 Å². The van der Waals surface area contributed by atoms with E-state index >= 15 is 0 Å². The topological polar surface area (TPSA) is 9.23 Å². The van der Waals surface area contributed by atoms with Gasteiger partial charge in [-0.3, -0.25) is 0 Å². The summed E-state index contributed by atoms with van der Waals surface area (Å²) in [5.41, 5.74) is 0. The van der Waals surface area contributed by atoms with E-state index < -0.39 is 0 Å². The number of ether oxygens (including phenoxy) is 1. The highest BCUT2D eigenvalue weighted by molar-refractivity contribution is 6.42. The van der Waals surface area contributed by atoms with E-state index in [0.717, 1.165) is 24.4 Å².